The van der Waals surface area contributed by atoms with Gasteiger partial charge in [0.2, 0.25) is 0 Å². The third kappa shape index (κ3) is 18.8. The van der Waals surface area contributed by atoms with Gasteiger partial charge in [0.05, 0.1) is 0 Å². The average Bonchev–Trinajstić information content (AvgIpc) is 3.46. The quantitative estimate of drug-likeness (QED) is 0.221. The fraction of sp³-hybridized carbons (Fsp3) is 0.610. The summed E-state index contributed by atoms with van der Waals surface area (Å²) in [7, 11) is 0. The highest BCUT2D eigenvalue weighted by Crippen LogP contribution is 2.32. The molecule has 0 bridgehead atoms. The smallest absolute Gasteiger partial charge is 0.00155 e. The SMILES string of the molecule is C=C(CCCC[C@H](CN1CCC(C)C1)C(C)c1ccc(CCCCC)cc1)c1ccc(C)cc1.C=CN.CC.CC.CC. The van der Waals surface area contributed by atoms with Crippen LogP contribution >= 0.6 is 0 Å². The lowest BCUT2D eigenvalue weighted by atomic mass is 9.83. The van der Waals surface area contributed by atoms with Crippen molar-refractivity contribution in [3.05, 3.63) is 90.1 Å². The van der Waals surface area contributed by atoms with Crippen LogP contribution in [0.1, 0.15) is 142 Å². The van der Waals surface area contributed by atoms with Gasteiger partial charge in [-0.25, -0.2) is 0 Å². The Bertz CT molecular complexity index is 896. The number of nitrogens with two attached hydrogens (primary N) is 1. The van der Waals surface area contributed by atoms with Crippen molar-refractivity contribution in [3.8, 4) is 0 Å². The van der Waals surface area contributed by atoms with Gasteiger partial charge in [0.15, 0.2) is 0 Å². The highest BCUT2D eigenvalue weighted by atomic mass is 15.1. The number of nitrogens with zero attached hydrogens (tertiary/aromatic N) is 1. The first kappa shape index (κ1) is 42.8. The largest absolute Gasteiger partial charge is 0.405 e. The Balaban J connectivity index is 0. The molecular formula is C41H72N2. The maximum atomic E-state index is 4.61. The van der Waals surface area contributed by atoms with Gasteiger partial charge < -0.3 is 10.6 Å². The normalized spacial score (nSPS) is 15.1. The molecule has 1 heterocycles. The molecule has 2 heteroatoms. The second-order valence-corrected chi connectivity index (χ2v) is 11.4. The minimum atomic E-state index is 0.612. The molecule has 3 atom stereocenters. The lowest BCUT2D eigenvalue weighted by Crippen LogP contribution is -2.30. The van der Waals surface area contributed by atoms with Crippen LogP contribution in [0.4, 0.5) is 0 Å². The molecule has 2 aromatic rings. The number of allylic oxidation sites excluding steroid dienone is 1. The van der Waals surface area contributed by atoms with Gasteiger partial charge in [0.25, 0.3) is 0 Å². The summed E-state index contributed by atoms with van der Waals surface area (Å²) in [5, 5.41) is 0. The Hall–Kier alpha value is -2.32. The van der Waals surface area contributed by atoms with Crippen LogP contribution in [0.25, 0.3) is 5.57 Å². The fourth-order valence-electron chi connectivity index (χ4n) is 5.54. The second-order valence-electron chi connectivity index (χ2n) is 11.4. The molecule has 2 unspecified atom stereocenters. The highest BCUT2D eigenvalue weighted by molar-refractivity contribution is 5.63. The molecule has 43 heavy (non-hydrogen) atoms. The topological polar surface area (TPSA) is 29.3 Å². The van der Waals surface area contributed by atoms with Crippen LogP contribution in [-0.2, 0) is 6.42 Å². The summed E-state index contributed by atoms with van der Waals surface area (Å²) in [5.41, 5.74) is 11.6. The zero-order chi connectivity index (χ0) is 33.0. The molecule has 0 aliphatic carbocycles. The summed E-state index contributed by atoms with van der Waals surface area (Å²) >= 11 is 0. The van der Waals surface area contributed by atoms with E-state index < -0.39 is 0 Å². The molecule has 1 aliphatic rings. The molecule has 1 saturated heterocycles. The third-order valence-corrected chi connectivity index (χ3v) is 8.05. The Morgan fingerprint density at radius 3 is 2.02 bits per heavy atom. The Labute approximate surface area is 270 Å². The Kier molecular flexibility index (Phi) is 28.3. The summed E-state index contributed by atoms with van der Waals surface area (Å²) in [6.07, 6.45) is 12.7. The van der Waals surface area contributed by atoms with Gasteiger partial charge in [-0.3, -0.25) is 0 Å². The van der Waals surface area contributed by atoms with E-state index in [0.29, 0.717) is 5.92 Å². The summed E-state index contributed by atoms with van der Waals surface area (Å²) < 4.78 is 0. The first-order chi connectivity index (χ1) is 20.9. The molecule has 0 radical (unpaired) electrons. The number of unbranched alkanes of at least 4 members (excludes halogenated alkanes) is 3. The van der Waals surface area contributed by atoms with Crippen LogP contribution in [0.5, 0.6) is 0 Å². The van der Waals surface area contributed by atoms with Crippen molar-refractivity contribution < 1.29 is 0 Å². The van der Waals surface area contributed by atoms with E-state index in [1.54, 1.807) is 0 Å². The lowest BCUT2D eigenvalue weighted by Gasteiger charge is -2.29. The monoisotopic (exact) mass is 593 g/mol. The zero-order valence-electron chi connectivity index (χ0n) is 30.4. The van der Waals surface area contributed by atoms with E-state index in [1.165, 1.54) is 105 Å². The number of hydrogen-bond donors (Lipinski definition) is 1. The minimum absolute atomic E-state index is 0.612. The van der Waals surface area contributed by atoms with Crippen molar-refractivity contribution in [1.82, 2.24) is 4.90 Å². The van der Waals surface area contributed by atoms with Gasteiger partial charge in [-0.15, -0.1) is 0 Å². The van der Waals surface area contributed by atoms with E-state index in [4.69, 9.17) is 0 Å². The van der Waals surface area contributed by atoms with Crippen LogP contribution in [0.15, 0.2) is 67.9 Å². The summed E-state index contributed by atoms with van der Waals surface area (Å²) in [4.78, 5) is 2.73. The molecule has 2 nitrogen and oxygen atoms in total. The van der Waals surface area contributed by atoms with E-state index in [-0.39, 0.29) is 0 Å². The minimum Gasteiger partial charge on any atom is -0.405 e. The van der Waals surface area contributed by atoms with E-state index >= 15 is 0 Å². The molecule has 0 amide bonds. The van der Waals surface area contributed by atoms with Crippen molar-refractivity contribution in [1.29, 1.82) is 0 Å². The number of benzene rings is 2. The molecule has 246 valence electrons. The van der Waals surface area contributed by atoms with Gasteiger partial charge in [-0.05, 0) is 98.2 Å². The van der Waals surface area contributed by atoms with Crippen molar-refractivity contribution in [2.45, 2.75) is 133 Å². The van der Waals surface area contributed by atoms with E-state index in [0.717, 1.165) is 18.3 Å². The lowest BCUT2D eigenvalue weighted by molar-refractivity contribution is 0.238. The van der Waals surface area contributed by atoms with E-state index in [1.807, 2.05) is 41.5 Å². The average molecular weight is 593 g/mol. The Morgan fingerprint density at radius 1 is 0.930 bits per heavy atom. The second kappa shape index (κ2) is 28.5. The highest BCUT2D eigenvalue weighted by Gasteiger charge is 2.25. The first-order valence-electron chi connectivity index (χ1n) is 17.8. The predicted octanol–water partition coefficient (Wildman–Crippen LogP) is 12.2. The third-order valence-electron chi connectivity index (χ3n) is 8.05. The van der Waals surface area contributed by atoms with E-state index in [9.17, 15) is 0 Å². The van der Waals surface area contributed by atoms with Crippen molar-refractivity contribution in [3.63, 3.8) is 0 Å². The van der Waals surface area contributed by atoms with Crippen molar-refractivity contribution in [2.24, 2.45) is 17.6 Å². The molecule has 1 fully saturated rings. The van der Waals surface area contributed by atoms with Crippen LogP contribution < -0.4 is 5.73 Å². The van der Waals surface area contributed by atoms with Gasteiger partial charge in [-0.2, -0.15) is 0 Å². The molecule has 0 saturated carbocycles. The first-order valence-corrected chi connectivity index (χ1v) is 17.8. The molecule has 3 rings (SSSR count). The van der Waals surface area contributed by atoms with Crippen LogP contribution in [0.2, 0.25) is 0 Å². The molecule has 2 N–H and O–H groups in total. The molecule has 1 aliphatic heterocycles. The number of likely N-dealkylation sites (tertiary alicyclic amines) is 1. The van der Waals surface area contributed by atoms with Crippen LogP contribution in [0.3, 0.4) is 0 Å². The predicted molar refractivity (Wildman–Crippen MR) is 199 cm³/mol. The van der Waals surface area contributed by atoms with Crippen molar-refractivity contribution in [2.75, 3.05) is 19.6 Å². The van der Waals surface area contributed by atoms with Crippen molar-refractivity contribution >= 4 is 5.57 Å². The Morgan fingerprint density at radius 2 is 1.51 bits per heavy atom. The number of aryl methyl sites for hydroxylation is 2. The maximum absolute atomic E-state index is 4.61. The summed E-state index contributed by atoms with van der Waals surface area (Å²) in [6.45, 7) is 32.6. The summed E-state index contributed by atoms with van der Waals surface area (Å²) in [5.74, 6) is 2.20. The van der Waals surface area contributed by atoms with E-state index in [2.05, 4.69) is 100 Å². The van der Waals surface area contributed by atoms with Gasteiger partial charge >= 0.3 is 0 Å². The van der Waals surface area contributed by atoms with Gasteiger partial charge in [-0.1, -0.05) is 149 Å². The molecule has 2 aromatic carbocycles. The molecule has 0 spiro atoms. The summed E-state index contributed by atoms with van der Waals surface area (Å²) in [6, 6.07) is 18.5. The van der Waals surface area contributed by atoms with Crippen LogP contribution in [0, 0.1) is 18.8 Å². The van der Waals surface area contributed by atoms with Crippen LogP contribution in [-0.4, -0.2) is 24.5 Å². The number of hydrogen-bond acceptors (Lipinski definition) is 2. The van der Waals surface area contributed by atoms with Gasteiger partial charge in [0.1, 0.15) is 0 Å². The molecular weight excluding hydrogens is 520 g/mol. The fourth-order valence-corrected chi connectivity index (χ4v) is 5.54. The zero-order valence-corrected chi connectivity index (χ0v) is 30.4. The molecule has 0 aromatic heterocycles. The number of rotatable bonds is 14. The van der Waals surface area contributed by atoms with Gasteiger partial charge in [0, 0.05) is 13.1 Å². The standard InChI is InChI=1S/C33H49N.C2H5N.3C2H6/c1-6-7-8-12-30-16-20-32(21-17-30)29(5)33(25-34-23-22-27(3)24-34)13-10-9-11-28(4)31-18-14-26(2)15-19-31;1-2-3;3*1-2/h14-21,27,29,33H,4,6-13,22-25H2,1-3,5H3;2H,1,3H2;3*1-2H3/t27?,29?,33-;;;;/m1..../s1. The maximum Gasteiger partial charge on any atom is 0.00155 e.